The normalized spacial score (nSPS) is 36.9. The SMILES string of the molecule is CC[C@H]1CC(=O)N2C[C@H](O)C[C@H]2C(=O)N[C@]2(C(=O)NS(=O)(=O)C3(C)CC3)CC2/C=C\CCCO1. The number of carbonyl (C=O) groups excluding carboxylic acids is 3. The topological polar surface area (TPSA) is 142 Å². The molecule has 2 aliphatic heterocycles. The molecule has 34 heavy (non-hydrogen) atoms. The fraction of sp³-hybridized carbons (Fsp3) is 0.783. The highest BCUT2D eigenvalue weighted by molar-refractivity contribution is 7.91. The number of fused-ring (bicyclic) bond motifs is 2. The van der Waals surface area contributed by atoms with Crippen LogP contribution in [0, 0.1) is 5.92 Å². The molecule has 4 aliphatic rings. The van der Waals surface area contributed by atoms with E-state index in [2.05, 4.69) is 10.0 Å². The van der Waals surface area contributed by atoms with Crippen molar-refractivity contribution in [1.29, 1.82) is 0 Å². The third-order valence-electron chi connectivity index (χ3n) is 7.59. The molecule has 0 aromatic rings. The molecule has 0 bridgehead atoms. The second kappa shape index (κ2) is 9.23. The summed E-state index contributed by atoms with van der Waals surface area (Å²) in [6.45, 7) is 4.03. The van der Waals surface area contributed by atoms with Crippen LogP contribution in [0.2, 0.25) is 0 Å². The van der Waals surface area contributed by atoms with E-state index in [4.69, 9.17) is 4.74 Å². The standard InChI is InChI=1S/C23H35N3O7S/c1-3-17-12-19(28)26-14-16(27)11-18(26)20(29)24-23(13-15(23)7-5-4-6-10-33-17)21(30)25-34(31,32)22(2)8-9-22/h5,7,15-18,27H,3-4,6,8-14H2,1-2H3,(H,24,29)(H,25,30)/b7-5-/t15?,16-,17+,18+,23-/m1/s1. The Hall–Kier alpha value is -1.98. The number of nitrogens with zero attached hydrogens (tertiary/aromatic N) is 1. The van der Waals surface area contributed by atoms with Crippen LogP contribution in [0.4, 0.5) is 0 Å². The lowest BCUT2D eigenvalue weighted by Gasteiger charge is -2.28. The monoisotopic (exact) mass is 497 g/mol. The van der Waals surface area contributed by atoms with Gasteiger partial charge in [0.25, 0.3) is 5.91 Å². The molecule has 2 aliphatic carbocycles. The Morgan fingerprint density at radius 1 is 1.35 bits per heavy atom. The number of ether oxygens (including phenoxy) is 1. The van der Waals surface area contributed by atoms with E-state index in [-0.39, 0.29) is 43.7 Å². The van der Waals surface area contributed by atoms with Crippen LogP contribution < -0.4 is 10.0 Å². The maximum Gasteiger partial charge on any atom is 0.259 e. The largest absolute Gasteiger partial charge is 0.391 e. The van der Waals surface area contributed by atoms with Gasteiger partial charge in [-0.15, -0.1) is 0 Å². The van der Waals surface area contributed by atoms with Gasteiger partial charge in [-0.2, -0.15) is 0 Å². The van der Waals surface area contributed by atoms with Gasteiger partial charge in [0.05, 0.1) is 23.4 Å². The molecule has 190 valence electrons. The molecule has 11 heteroatoms. The van der Waals surface area contributed by atoms with E-state index in [1.807, 2.05) is 19.1 Å². The summed E-state index contributed by atoms with van der Waals surface area (Å²) >= 11 is 0. The van der Waals surface area contributed by atoms with Gasteiger partial charge in [0.15, 0.2) is 0 Å². The Bertz CT molecular complexity index is 977. The second-order valence-corrected chi connectivity index (χ2v) is 12.5. The highest BCUT2D eigenvalue weighted by Gasteiger charge is 2.63. The van der Waals surface area contributed by atoms with Crippen molar-refractivity contribution < 1.29 is 32.6 Å². The van der Waals surface area contributed by atoms with Gasteiger partial charge in [-0.25, -0.2) is 8.42 Å². The fourth-order valence-electron chi connectivity index (χ4n) is 4.75. The van der Waals surface area contributed by atoms with E-state index >= 15 is 0 Å². The Kier molecular flexibility index (Phi) is 6.82. The van der Waals surface area contributed by atoms with E-state index in [9.17, 15) is 27.9 Å². The number of aliphatic hydroxyl groups excluding tert-OH is 1. The van der Waals surface area contributed by atoms with Crippen molar-refractivity contribution in [3.05, 3.63) is 12.2 Å². The van der Waals surface area contributed by atoms with Crippen molar-refractivity contribution in [3.8, 4) is 0 Å². The predicted molar refractivity (Wildman–Crippen MR) is 123 cm³/mol. The molecule has 0 radical (unpaired) electrons. The van der Waals surface area contributed by atoms with Crippen molar-refractivity contribution in [2.75, 3.05) is 13.2 Å². The van der Waals surface area contributed by atoms with Crippen LogP contribution in [0.15, 0.2) is 12.2 Å². The van der Waals surface area contributed by atoms with E-state index in [1.165, 1.54) is 4.90 Å². The van der Waals surface area contributed by atoms with Gasteiger partial charge in [-0.05, 0) is 45.4 Å². The van der Waals surface area contributed by atoms with Gasteiger partial charge < -0.3 is 20.1 Å². The van der Waals surface area contributed by atoms with Crippen molar-refractivity contribution >= 4 is 27.7 Å². The molecule has 2 saturated carbocycles. The molecule has 2 heterocycles. The summed E-state index contributed by atoms with van der Waals surface area (Å²) < 4.78 is 32.4. The Balaban J connectivity index is 1.58. The first-order chi connectivity index (χ1) is 16.0. The average molecular weight is 498 g/mol. The molecule has 5 atom stereocenters. The third-order valence-corrected chi connectivity index (χ3v) is 9.75. The molecule has 3 fully saturated rings. The highest BCUT2D eigenvalue weighted by atomic mass is 32.2. The predicted octanol–water partition coefficient (Wildman–Crippen LogP) is 0.357. The lowest BCUT2D eigenvalue weighted by molar-refractivity contribution is -0.141. The zero-order valence-corrected chi connectivity index (χ0v) is 20.6. The van der Waals surface area contributed by atoms with Gasteiger partial charge in [0, 0.05) is 25.5 Å². The minimum Gasteiger partial charge on any atom is -0.391 e. The Morgan fingerprint density at radius 2 is 2.09 bits per heavy atom. The summed E-state index contributed by atoms with van der Waals surface area (Å²) in [6.07, 6.45) is 6.11. The molecular weight excluding hydrogens is 462 g/mol. The van der Waals surface area contributed by atoms with Gasteiger partial charge in [-0.3, -0.25) is 19.1 Å². The number of carbonyl (C=O) groups is 3. The number of allylic oxidation sites excluding steroid dienone is 1. The maximum atomic E-state index is 13.3. The Morgan fingerprint density at radius 3 is 2.76 bits per heavy atom. The van der Waals surface area contributed by atoms with E-state index in [0.717, 1.165) is 6.42 Å². The van der Waals surface area contributed by atoms with E-state index in [0.29, 0.717) is 32.3 Å². The quantitative estimate of drug-likeness (QED) is 0.476. The van der Waals surface area contributed by atoms with Gasteiger partial charge in [0.1, 0.15) is 11.6 Å². The molecule has 0 aromatic heterocycles. The minimum atomic E-state index is -3.87. The summed E-state index contributed by atoms with van der Waals surface area (Å²) in [5.41, 5.74) is -1.39. The number of rotatable bonds is 4. The van der Waals surface area contributed by atoms with Crippen molar-refractivity contribution in [3.63, 3.8) is 0 Å². The van der Waals surface area contributed by atoms with Crippen molar-refractivity contribution in [2.45, 2.75) is 93.7 Å². The zero-order chi connectivity index (χ0) is 24.7. The van der Waals surface area contributed by atoms with Crippen LogP contribution in [-0.2, 0) is 29.1 Å². The maximum absolute atomic E-state index is 13.3. The third kappa shape index (κ3) is 4.87. The first-order valence-corrected chi connectivity index (χ1v) is 13.6. The number of amides is 3. The van der Waals surface area contributed by atoms with Crippen molar-refractivity contribution in [2.24, 2.45) is 5.92 Å². The summed E-state index contributed by atoms with van der Waals surface area (Å²) in [4.78, 5) is 40.8. The number of sulfonamides is 1. The lowest BCUT2D eigenvalue weighted by Crippen LogP contribution is -2.57. The minimum absolute atomic E-state index is 0.0304. The number of aliphatic hydroxyl groups is 1. The molecule has 3 N–H and O–H groups in total. The van der Waals surface area contributed by atoms with Gasteiger partial charge in [-0.1, -0.05) is 19.1 Å². The molecule has 0 aromatic carbocycles. The van der Waals surface area contributed by atoms with Gasteiger partial charge in [0.2, 0.25) is 21.8 Å². The van der Waals surface area contributed by atoms with Crippen LogP contribution in [0.1, 0.15) is 65.2 Å². The lowest BCUT2D eigenvalue weighted by atomic mass is 10.1. The number of hydrogen-bond donors (Lipinski definition) is 3. The second-order valence-electron chi connectivity index (χ2n) is 10.3. The summed E-state index contributed by atoms with van der Waals surface area (Å²) in [5, 5.41) is 13.0. The Labute approximate surface area is 200 Å². The number of hydrogen-bond acceptors (Lipinski definition) is 7. The molecule has 10 nitrogen and oxygen atoms in total. The van der Waals surface area contributed by atoms with Gasteiger partial charge >= 0.3 is 0 Å². The number of nitrogens with one attached hydrogen (secondary N) is 2. The average Bonchev–Trinajstić information content (AvgIpc) is 3.65. The zero-order valence-electron chi connectivity index (χ0n) is 19.8. The summed E-state index contributed by atoms with van der Waals surface area (Å²) in [5.74, 6) is -1.95. The van der Waals surface area contributed by atoms with Crippen LogP contribution in [-0.4, -0.2) is 77.8 Å². The first kappa shape index (κ1) is 25.1. The highest BCUT2D eigenvalue weighted by Crippen LogP contribution is 2.47. The van der Waals surface area contributed by atoms with E-state index < -0.39 is 44.3 Å². The summed E-state index contributed by atoms with van der Waals surface area (Å²) in [6, 6.07) is -0.933. The fourth-order valence-corrected chi connectivity index (χ4v) is 6.06. The van der Waals surface area contributed by atoms with Crippen molar-refractivity contribution in [1.82, 2.24) is 14.9 Å². The summed E-state index contributed by atoms with van der Waals surface area (Å²) in [7, 11) is -3.87. The van der Waals surface area contributed by atoms with Crippen LogP contribution in [0.25, 0.3) is 0 Å². The smallest absolute Gasteiger partial charge is 0.259 e. The van der Waals surface area contributed by atoms with Crippen LogP contribution >= 0.6 is 0 Å². The molecule has 4 rings (SSSR count). The molecular formula is C23H35N3O7S. The van der Waals surface area contributed by atoms with Crippen LogP contribution in [0.3, 0.4) is 0 Å². The molecule has 0 spiro atoms. The van der Waals surface area contributed by atoms with Crippen LogP contribution in [0.5, 0.6) is 0 Å². The molecule has 3 amide bonds. The van der Waals surface area contributed by atoms with E-state index in [1.54, 1.807) is 6.92 Å². The first-order valence-electron chi connectivity index (χ1n) is 12.2. The molecule has 1 unspecified atom stereocenters. The molecule has 1 saturated heterocycles.